The third-order valence-corrected chi connectivity index (χ3v) is 4.80. The SMILES string of the molecule is Cc1c(S(=O)(=O)Cl)c2ccccc2n1Cc1ncccn1. The molecule has 108 valence electrons. The van der Waals surface area contributed by atoms with E-state index in [1.165, 1.54) is 0 Å². The van der Waals surface area contributed by atoms with Gasteiger partial charge in [0.25, 0.3) is 9.05 Å². The van der Waals surface area contributed by atoms with E-state index in [9.17, 15) is 8.42 Å². The normalized spacial score (nSPS) is 11.9. The highest BCUT2D eigenvalue weighted by atomic mass is 35.7. The fourth-order valence-electron chi connectivity index (χ4n) is 2.46. The number of halogens is 1. The topological polar surface area (TPSA) is 64.8 Å². The molecule has 1 aromatic carbocycles. The van der Waals surface area contributed by atoms with E-state index in [2.05, 4.69) is 9.97 Å². The second-order valence-corrected chi connectivity index (χ2v) is 7.12. The average Bonchev–Trinajstić information content (AvgIpc) is 2.73. The number of fused-ring (bicyclic) bond motifs is 1. The van der Waals surface area contributed by atoms with E-state index in [0.717, 1.165) is 5.52 Å². The number of benzene rings is 1. The fourth-order valence-corrected chi connectivity index (χ4v) is 3.95. The predicted molar refractivity (Wildman–Crippen MR) is 80.8 cm³/mol. The minimum atomic E-state index is -3.82. The summed E-state index contributed by atoms with van der Waals surface area (Å²) in [6, 6.07) is 8.99. The van der Waals surface area contributed by atoms with Gasteiger partial charge in [-0.1, -0.05) is 18.2 Å². The highest BCUT2D eigenvalue weighted by Crippen LogP contribution is 2.32. The monoisotopic (exact) mass is 321 g/mol. The summed E-state index contributed by atoms with van der Waals surface area (Å²) >= 11 is 0. The molecule has 2 aromatic heterocycles. The quantitative estimate of drug-likeness (QED) is 0.696. The summed E-state index contributed by atoms with van der Waals surface area (Å²) in [6.45, 7) is 2.12. The maximum Gasteiger partial charge on any atom is 0.263 e. The van der Waals surface area contributed by atoms with E-state index < -0.39 is 9.05 Å². The molecule has 0 radical (unpaired) electrons. The Hall–Kier alpha value is -1.92. The molecular formula is C14H12ClN3O2S. The molecule has 0 amide bonds. The van der Waals surface area contributed by atoms with Crippen LogP contribution in [0.15, 0.2) is 47.6 Å². The summed E-state index contributed by atoms with van der Waals surface area (Å²) < 4.78 is 25.6. The van der Waals surface area contributed by atoms with Crippen molar-refractivity contribution in [1.82, 2.24) is 14.5 Å². The van der Waals surface area contributed by atoms with E-state index >= 15 is 0 Å². The van der Waals surface area contributed by atoms with Crippen LogP contribution >= 0.6 is 10.7 Å². The first kappa shape index (κ1) is 14.0. The van der Waals surface area contributed by atoms with Gasteiger partial charge in [0.1, 0.15) is 10.7 Å². The zero-order valence-corrected chi connectivity index (χ0v) is 12.8. The van der Waals surface area contributed by atoms with Gasteiger partial charge in [-0.05, 0) is 19.1 Å². The summed E-state index contributed by atoms with van der Waals surface area (Å²) in [6.07, 6.45) is 3.31. The fraction of sp³-hybridized carbons (Fsp3) is 0.143. The first-order valence-corrected chi connectivity index (χ1v) is 8.58. The standard InChI is InChI=1S/C14H12ClN3O2S/c1-10-14(21(15,19)20)11-5-2-3-6-12(11)18(10)9-13-16-7-4-8-17-13/h2-8H,9H2,1H3. The van der Waals surface area contributed by atoms with Crippen molar-refractivity contribution < 1.29 is 8.42 Å². The number of nitrogens with zero attached hydrogens (tertiary/aromatic N) is 3. The Balaban J connectivity index is 2.26. The minimum Gasteiger partial charge on any atom is -0.336 e. The van der Waals surface area contributed by atoms with Crippen LogP contribution in [-0.2, 0) is 15.6 Å². The van der Waals surface area contributed by atoms with Gasteiger partial charge in [-0.2, -0.15) is 0 Å². The Labute approximate surface area is 126 Å². The van der Waals surface area contributed by atoms with Crippen LogP contribution in [0, 0.1) is 6.92 Å². The molecule has 0 atom stereocenters. The molecule has 0 saturated heterocycles. The number of hydrogen-bond acceptors (Lipinski definition) is 4. The molecule has 0 N–H and O–H groups in total. The van der Waals surface area contributed by atoms with Gasteiger partial charge in [0, 0.05) is 34.2 Å². The van der Waals surface area contributed by atoms with Crippen molar-refractivity contribution in [3.8, 4) is 0 Å². The second kappa shape index (κ2) is 5.13. The molecule has 5 nitrogen and oxygen atoms in total. The molecule has 0 saturated carbocycles. The molecule has 3 aromatic rings. The van der Waals surface area contributed by atoms with Crippen LogP contribution in [-0.4, -0.2) is 23.0 Å². The van der Waals surface area contributed by atoms with Crippen molar-refractivity contribution in [3.63, 3.8) is 0 Å². The summed E-state index contributed by atoms with van der Waals surface area (Å²) in [7, 11) is 1.77. The minimum absolute atomic E-state index is 0.149. The van der Waals surface area contributed by atoms with Crippen molar-refractivity contribution >= 4 is 30.6 Å². The zero-order chi connectivity index (χ0) is 15.0. The molecular weight excluding hydrogens is 310 g/mol. The van der Waals surface area contributed by atoms with Crippen LogP contribution in [0.1, 0.15) is 11.5 Å². The van der Waals surface area contributed by atoms with Crippen LogP contribution in [0.3, 0.4) is 0 Å². The van der Waals surface area contributed by atoms with Crippen LogP contribution in [0.5, 0.6) is 0 Å². The molecule has 0 fully saturated rings. The van der Waals surface area contributed by atoms with Gasteiger partial charge in [-0.15, -0.1) is 0 Å². The molecule has 0 bridgehead atoms. The molecule has 0 aliphatic heterocycles. The van der Waals surface area contributed by atoms with E-state index in [0.29, 0.717) is 23.4 Å². The largest absolute Gasteiger partial charge is 0.336 e. The van der Waals surface area contributed by atoms with Crippen molar-refractivity contribution in [2.45, 2.75) is 18.4 Å². The second-order valence-electron chi connectivity index (χ2n) is 4.62. The van der Waals surface area contributed by atoms with Gasteiger partial charge in [-0.3, -0.25) is 0 Å². The molecule has 3 rings (SSSR count). The Morgan fingerprint density at radius 3 is 2.48 bits per heavy atom. The highest BCUT2D eigenvalue weighted by molar-refractivity contribution is 8.14. The van der Waals surface area contributed by atoms with Crippen molar-refractivity contribution in [3.05, 3.63) is 54.2 Å². The lowest BCUT2D eigenvalue weighted by atomic mass is 10.2. The lowest BCUT2D eigenvalue weighted by Gasteiger charge is -2.07. The summed E-state index contributed by atoms with van der Waals surface area (Å²) in [5.41, 5.74) is 1.38. The third-order valence-electron chi connectivity index (χ3n) is 3.34. The van der Waals surface area contributed by atoms with E-state index in [1.807, 2.05) is 16.7 Å². The van der Waals surface area contributed by atoms with E-state index in [4.69, 9.17) is 10.7 Å². The van der Waals surface area contributed by atoms with Gasteiger partial charge in [-0.25, -0.2) is 18.4 Å². The maximum atomic E-state index is 11.9. The Bertz CT molecular complexity index is 905. The maximum absolute atomic E-state index is 11.9. The third kappa shape index (κ3) is 2.52. The van der Waals surface area contributed by atoms with Gasteiger partial charge in [0.05, 0.1) is 12.1 Å². The number of rotatable bonds is 3. The lowest BCUT2D eigenvalue weighted by molar-refractivity contribution is 0.608. The number of para-hydroxylation sites is 1. The molecule has 0 unspecified atom stereocenters. The molecule has 21 heavy (non-hydrogen) atoms. The first-order chi connectivity index (χ1) is 9.98. The van der Waals surface area contributed by atoms with Crippen molar-refractivity contribution in [1.29, 1.82) is 0 Å². The molecule has 0 aliphatic carbocycles. The van der Waals surface area contributed by atoms with Gasteiger partial charge < -0.3 is 4.57 Å². The summed E-state index contributed by atoms with van der Waals surface area (Å²) in [5.74, 6) is 0.611. The summed E-state index contributed by atoms with van der Waals surface area (Å²) in [5, 5.41) is 0.612. The Kier molecular flexibility index (Phi) is 3.43. The Morgan fingerprint density at radius 2 is 1.81 bits per heavy atom. The van der Waals surface area contributed by atoms with Crippen LogP contribution in [0.4, 0.5) is 0 Å². The van der Waals surface area contributed by atoms with Crippen LogP contribution in [0.2, 0.25) is 0 Å². The van der Waals surface area contributed by atoms with Crippen LogP contribution in [0.25, 0.3) is 10.9 Å². The van der Waals surface area contributed by atoms with E-state index in [-0.39, 0.29) is 4.90 Å². The predicted octanol–water partition coefficient (Wildman–Crippen LogP) is 2.72. The van der Waals surface area contributed by atoms with Gasteiger partial charge >= 0.3 is 0 Å². The smallest absolute Gasteiger partial charge is 0.263 e. The number of aromatic nitrogens is 3. The highest BCUT2D eigenvalue weighted by Gasteiger charge is 2.23. The summed E-state index contributed by atoms with van der Waals surface area (Å²) in [4.78, 5) is 8.51. The Morgan fingerprint density at radius 1 is 1.14 bits per heavy atom. The molecule has 2 heterocycles. The zero-order valence-electron chi connectivity index (χ0n) is 11.2. The average molecular weight is 322 g/mol. The molecule has 0 spiro atoms. The van der Waals surface area contributed by atoms with Crippen molar-refractivity contribution in [2.24, 2.45) is 0 Å². The van der Waals surface area contributed by atoms with Crippen LogP contribution < -0.4 is 0 Å². The van der Waals surface area contributed by atoms with Gasteiger partial charge in [0.15, 0.2) is 0 Å². The van der Waals surface area contributed by atoms with Crippen molar-refractivity contribution in [2.75, 3.05) is 0 Å². The lowest BCUT2D eigenvalue weighted by Crippen LogP contribution is -2.06. The molecule has 7 heteroatoms. The molecule has 0 aliphatic rings. The van der Waals surface area contributed by atoms with E-state index in [1.54, 1.807) is 37.5 Å². The first-order valence-electron chi connectivity index (χ1n) is 6.27. The van der Waals surface area contributed by atoms with Gasteiger partial charge in [0.2, 0.25) is 0 Å². The number of hydrogen-bond donors (Lipinski definition) is 0.